The van der Waals surface area contributed by atoms with E-state index < -0.39 is 11.5 Å². The molecule has 4 fully saturated rings. The lowest BCUT2D eigenvalue weighted by Crippen LogP contribution is -2.70. The van der Waals surface area contributed by atoms with Crippen LogP contribution in [0.2, 0.25) is 0 Å². The van der Waals surface area contributed by atoms with Gasteiger partial charge in [-0.1, -0.05) is 6.07 Å². The second-order valence-corrected chi connectivity index (χ2v) is 9.32. The molecule has 4 aliphatic carbocycles. The van der Waals surface area contributed by atoms with E-state index in [1.807, 2.05) is 0 Å². The Morgan fingerprint density at radius 2 is 1.60 bits per heavy atom. The molecule has 7 nitrogen and oxygen atoms in total. The van der Waals surface area contributed by atoms with E-state index >= 15 is 0 Å². The highest BCUT2D eigenvalue weighted by Gasteiger charge is 2.58. The van der Waals surface area contributed by atoms with Crippen LogP contribution in [0.25, 0.3) is 0 Å². The number of hydrogen-bond acceptors (Lipinski definition) is 5. The van der Waals surface area contributed by atoms with Crippen LogP contribution in [0.3, 0.4) is 0 Å². The summed E-state index contributed by atoms with van der Waals surface area (Å²) in [6, 6.07) is 4.23. The molecule has 2 heterocycles. The predicted octanol–water partition coefficient (Wildman–Crippen LogP) is 2.57. The zero-order valence-corrected chi connectivity index (χ0v) is 16.8. The minimum atomic E-state index is -0.670. The molecule has 0 aromatic carbocycles. The van der Waals surface area contributed by atoms with Gasteiger partial charge in [0.1, 0.15) is 11.4 Å². The van der Waals surface area contributed by atoms with Crippen molar-refractivity contribution in [3.8, 4) is 0 Å². The van der Waals surface area contributed by atoms with Crippen molar-refractivity contribution >= 4 is 11.8 Å². The second-order valence-electron chi connectivity index (χ2n) is 9.32. The number of nitrogens with one attached hydrogen (secondary N) is 2. The van der Waals surface area contributed by atoms with Gasteiger partial charge in [-0.05, 0) is 69.4 Å². The zero-order chi connectivity index (χ0) is 20.9. The van der Waals surface area contributed by atoms with Crippen molar-refractivity contribution in [1.29, 1.82) is 0 Å². The first kappa shape index (κ1) is 19.1. The van der Waals surface area contributed by atoms with E-state index in [1.54, 1.807) is 13.1 Å². The Kier molecular flexibility index (Phi) is 4.34. The molecule has 8 heteroatoms. The molecule has 4 aliphatic rings. The van der Waals surface area contributed by atoms with Crippen LogP contribution in [0.15, 0.2) is 30.6 Å². The molecular weight excluding hydrogens is 385 g/mol. The van der Waals surface area contributed by atoms with Crippen LogP contribution in [-0.2, 0) is 0 Å². The standard InChI is InChI=1S/C22H24FN5O2/c1-13-10-24-11-17(25-13)20(30)28-22-8-14-5-15(9-22)7-21(6-14,12-22)27-19(29)16-3-2-4-18(23)26-16/h2-4,10-11,14-15H,5-9,12H2,1H3,(H,27,29)(H,28,30). The molecule has 156 valence electrons. The average molecular weight is 409 g/mol. The average Bonchev–Trinajstić information content (AvgIpc) is 2.66. The van der Waals surface area contributed by atoms with Crippen LogP contribution in [0.4, 0.5) is 4.39 Å². The number of rotatable bonds is 4. The van der Waals surface area contributed by atoms with Crippen LogP contribution in [0, 0.1) is 24.7 Å². The summed E-state index contributed by atoms with van der Waals surface area (Å²) >= 11 is 0. The lowest BCUT2D eigenvalue weighted by molar-refractivity contribution is -0.0449. The third-order valence-electron chi connectivity index (χ3n) is 6.75. The molecule has 6 rings (SSSR count). The molecule has 2 amide bonds. The Morgan fingerprint density at radius 3 is 2.20 bits per heavy atom. The van der Waals surface area contributed by atoms with E-state index in [9.17, 15) is 14.0 Å². The van der Waals surface area contributed by atoms with E-state index in [1.165, 1.54) is 24.4 Å². The molecule has 2 aromatic heterocycles. The van der Waals surface area contributed by atoms with Crippen molar-refractivity contribution in [1.82, 2.24) is 25.6 Å². The van der Waals surface area contributed by atoms with Crippen molar-refractivity contribution in [2.45, 2.75) is 56.5 Å². The van der Waals surface area contributed by atoms with Crippen LogP contribution >= 0.6 is 0 Å². The number of carbonyl (C=O) groups is 2. The van der Waals surface area contributed by atoms with Crippen LogP contribution in [0.1, 0.15) is 65.2 Å². The molecule has 4 saturated carbocycles. The number of halogens is 1. The maximum absolute atomic E-state index is 13.5. The van der Waals surface area contributed by atoms with Gasteiger partial charge < -0.3 is 10.6 Å². The molecule has 0 radical (unpaired) electrons. The van der Waals surface area contributed by atoms with E-state index in [4.69, 9.17) is 0 Å². The van der Waals surface area contributed by atoms with Crippen LogP contribution in [-0.4, -0.2) is 37.8 Å². The van der Waals surface area contributed by atoms with E-state index in [0.717, 1.165) is 32.1 Å². The minimum Gasteiger partial charge on any atom is -0.345 e. The Balaban J connectivity index is 1.38. The minimum absolute atomic E-state index is 0.0823. The number of pyridine rings is 1. The van der Waals surface area contributed by atoms with Gasteiger partial charge in [-0.15, -0.1) is 0 Å². The molecule has 4 bridgehead atoms. The van der Waals surface area contributed by atoms with Crippen LogP contribution in [0.5, 0.6) is 0 Å². The normalized spacial score (nSPS) is 31.4. The van der Waals surface area contributed by atoms with Gasteiger partial charge in [0.2, 0.25) is 5.95 Å². The summed E-state index contributed by atoms with van der Waals surface area (Å²) in [5.74, 6) is -0.369. The second kappa shape index (κ2) is 6.82. The summed E-state index contributed by atoms with van der Waals surface area (Å²) in [5, 5.41) is 6.41. The Hall–Kier alpha value is -2.90. The molecular formula is C22H24FN5O2. The van der Waals surface area contributed by atoms with Gasteiger partial charge in [-0.2, -0.15) is 4.39 Å². The van der Waals surface area contributed by atoms with Crippen molar-refractivity contribution in [2.24, 2.45) is 11.8 Å². The SMILES string of the molecule is Cc1cncc(C(=O)NC23CC4CC(C2)CC(NC(=O)c2cccc(F)n2)(C4)C3)n1. The predicted molar refractivity (Wildman–Crippen MR) is 106 cm³/mol. The van der Waals surface area contributed by atoms with Gasteiger partial charge in [0, 0.05) is 17.3 Å². The summed E-state index contributed by atoms with van der Waals surface area (Å²) in [5.41, 5.74) is 0.321. The van der Waals surface area contributed by atoms with Gasteiger partial charge >= 0.3 is 0 Å². The number of amides is 2. The van der Waals surface area contributed by atoms with Crippen molar-refractivity contribution in [3.05, 3.63) is 53.6 Å². The third kappa shape index (κ3) is 3.44. The first-order valence-electron chi connectivity index (χ1n) is 10.4. The Bertz CT molecular complexity index is 935. The first-order chi connectivity index (χ1) is 14.3. The smallest absolute Gasteiger partial charge is 0.271 e. The highest BCUT2D eigenvalue weighted by Crippen LogP contribution is 2.57. The fourth-order valence-electron chi connectivity index (χ4n) is 6.27. The lowest BCUT2D eigenvalue weighted by atomic mass is 9.49. The highest BCUT2D eigenvalue weighted by atomic mass is 19.1. The fraction of sp³-hybridized carbons (Fsp3) is 0.500. The van der Waals surface area contributed by atoms with Crippen molar-refractivity contribution < 1.29 is 14.0 Å². The molecule has 2 unspecified atom stereocenters. The molecule has 2 atom stereocenters. The molecule has 0 spiro atoms. The Labute approximate surface area is 173 Å². The number of hydrogen-bond donors (Lipinski definition) is 2. The largest absolute Gasteiger partial charge is 0.345 e. The third-order valence-corrected chi connectivity index (χ3v) is 6.75. The maximum Gasteiger partial charge on any atom is 0.271 e. The van der Waals surface area contributed by atoms with Gasteiger partial charge in [-0.3, -0.25) is 14.6 Å². The van der Waals surface area contributed by atoms with Crippen molar-refractivity contribution in [3.63, 3.8) is 0 Å². The topological polar surface area (TPSA) is 96.9 Å². The van der Waals surface area contributed by atoms with E-state index in [2.05, 4.69) is 25.6 Å². The van der Waals surface area contributed by atoms with Gasteiger partial charge in [0.05, 0.1) is 11.9 Å². The van der Waals surface area contributed by atoms with Gasteiger partial charge in [0.25, 0.3) is 11.8 Å². The summed E-state index contributed by atoms with van der Waals surface area (Å²) < 4.78 is 13.5. The number of aryl methyl sites for hydroxylation is 1. The monoisotopic (exact) mass is 409 g/mol. The van der Waals surface area contributed by atoms with E-state index in [-0.39, 0.29) is 23.0 Å². The van der Waals surface area contributed by atoms with Crippen LogP contribution < -0.4 is 10.6 Å². The maximum atomic E-state index is 13.5. The highest BCUT2D eigenvalue weighted by molar-refractivity contribution is 5.93. The molecule has 0 saturated heterocycles. The summed E-state index contributed by atoms with van der Waals surface area (Å²) in [4.78, 5) is 37.8. The number of aromatic nitrogens is 3. The number of nitrogens with zero attached hydrogens (tertiary/aromatic N) is 3. The van der Waals surface area contributed by atoms with Gasteiger partial charge in [0.15, 0.2) is 0 Å². The van der Waals surface area contributed by atoms with Crippen molar-refractivity contribution in [2.75, 3.05) is 0 Å². The fourth-order valence-corrected chi connectivity index (χ4v) is 6.27. The molecule has 30 heavy (non-hydrogen) atoms. The quantitative estimate of drug-likeness (QED) is 0.757. The summed E-state index contributed by atoms with van der Waals surface area (Å²) in [6.45, 7) is 1.81. The summed E-state index contributed by atoms with van der Waals surface area (Å²) in [6.07, 6.45) is 8.47. The molecule has 2 N–H and O–H groups in total. The van der Waals surface area contributed by atoms with Gasteiger partial charge in [-0.25, -0.2) is 9.97 Å². The first-order valence-corrected chi connectivity index (χ1v) is 10.4. The summed E-state index contributed by atoms with van der Waals surface area (Å²) in [7, 11) is 0. The zero-order valence-electron chi connectivity index (χ0n) is 16.8. The molecule has 2 aromatic rings. The lowest BCUT2D eigenvalue weighted by Gasteiger charge is -2.62. The number of carbonyl (C=O) groups excluding carboxylic acids is 2. The molecule has 0 aliphatic heterocycles. The Morgan fingerprint density at radius 1 is 0.967 bits per heavy atom. The van der Waals surface area contributed by atoms with E-state index in [0.29, 0.717) is 29.6 Å².